The number of nitrogens with zero attached hydrogens (tertiary/aromatic N) is 1. The standard InChI is InChI=1S/C21H23NO6S/c1-4-26-16-9-7-15(8-10-16)19(24)13(2)28-21(25)17-12-29-20(22(17)14(3)23)18-6-5-11-27-18/h5-11,13,17,20H,4,12H2,1-3H3/t13-,17+,20-/m1/s1. The van der Waals surface area contributed by atoms with Gasteiger partial charge < -0.3 is 18.8 Å². The molecular weight excluding hydrogens is 394 g/mol. The SMILES string of the molecule is CCOc1ccc(C(=O)[C@@H](C)OC(=O)[C@@H]2CS[C@H](c3ccco3)N2C(C)=O)cc1. The first-order valence-electron chi connectivity index (χ1n) is 9.33. The monoisotopic (exact) mass is 417 g/mol. The highest BCUT2D eigenvalue weighted by Gasteiger charge is 2.43. The molecule has 8 heteroatoms. The number of Topliss-reactive ketones (excluding diaryl/α,β-unsaturated/α-hetero) is 1. The number of ketones is 1. The summed E-state index contributed by atoms with van der Waals surface area (Å²) in [6.07, 6.45) is 0.555. The van der Waals surface area contributed by atoms with Gasteiger partial charge in [0.1, 0.15) is 22.9 Å². The maximum atomic E-state index is 12.7. The first-order valence-corrected chi connectivity index (χ1v) is 10.4. The maximum Gasteiger partial charge on any atom is 0.330 e. The van der Waals surface area contributed by atoms with Crippen LogP contribution in [0.1, 0.15) is 42.3 Å². The normalized spacial score (nSPS) is 19.6. The van der Waals surface area contributed by atoms with Crippen molar-refractivity contribution in [3.05, 3.63) is 54.0 Å². The quantitative estimate of drug-likeness (QED) is 0.504. The number of furan rings is 1. The highest BCUT2D eigenvalue weighted by molar-refractivity contribution is 7.99. The molecule has 0 spiro atoms. The van der Waals surface area contributed by atoms with E-state index in [2.05, 4.69) is 0 Å². The molecule has 3 atom stereocenters. The molecule has 154 valence electrons. The van der Waals surface area contributed by atoms with Crippen LogP contribution in [0.5, 0.6) is 5.75 Å². The van der Waals surface area contributed by atoms with Crippen LogP contribution in [0.25, 0.3) is 0 Å². The fraction of sp³-hybridized carbons (Fsp3) is 0.381. The second-order valence-electron chi connectivity index (χ2n) is 6.54. The minimum atomic E-state index is -0.970. The lowest BCUT2D eigenvalue weighted by atomic mass is 10.1. The van der Waals surface area contributed by atoms with Gasteiger partial charge in [-0.25, -0.2) is 4.79 Å². The number of carbonyl (C=O) groups is 3. The number of thioether (sulfide) groups is 1. The molecule has 0 unspecified atom stereocenters. The smallest absolute Gasteiger partial charge is 0.330 e. The number of ether oxygens (including phenoxy) is 2. The van der Waals surface area contributed by atoms with E-state index in [4.69, 9.17) is 13.9 Å². The first kappa shape index (κ1) is 21.0. The van der Waals surface area contributed by atoms with Gasteiger partial charge in [0.05, 0.1) is 12.9 Å². The largest absolute Gasteiger partial charge is 0.494 e. The molecule has 2 heterocycles. The summed E-state index contributed by atoms with van der Waals surface area (Å²) < 4.78 is 16.2. The molecule has 2 aromatic rings. The van der Waals surface area contributed by atoms with Crippen molar-refractivity contribution in [3.8, 4) is 5.75 Å². The van der Waals surface area contributed by atoms with Gasteiger partial charge >= 0.3 is 5.97 Å². The Kier molecular flexibility index (Phi) is 6.64. The van der Waals surface area contributed by atoms with Crippen molar-refractivity contribution in [2.24, 2.45) is 0 Å². The molecule has 0 bridgehead atoms. The zero-order chi connectivity index (χ0) is 21.0. The van der Waals surface area contributed by atoms with Crippen LogP contribution in [0, 0.1) is 0 Å². The van der Waals surface area contributed by atoms with Gasteiger partial charge in [0.25, 0.3) is 0 Å². The van der Waals surface area contributed by atoms with Crippen molar-refractivity contribution in [1.29, 1.82) is 0 Å². The van der Waals surface area contributed by atoms with Gasteiger partial charge in [-0.2, -0.15) is 0 Å². The van der Waals surface area contributed by atoms with Crippen LogP contribution in [0.15, 0.2) is 47.1 Å². The molecule has 1 saturated heterocycles. The highest BCUT2D eigenvalue weighted by atomic mass is 32.2. The van der Waals surface area contributed by atoms with Gasteiger partial charge in [-0.1, -0.05) is 0 Å². The number of hydrogen-bond acceptors (Lipinski definition) is 7. The molecule has 1 aliphatic heterocycles. The number of esters is 1. The second-order valence-corrected chi connectivity index (χ2v) is 7.66. The zero-order valence-corrected chi connectivity index (χ0v) is 17.3. The minimum absolute atomic E-state index is 0.260. The van der Waals surface area contributed by atoms with E-state index in [1.54, 1.807) is 36.4 Å². The van der Waals surface area contributed by atoms with Crippen LogP contribution in [-0.4, -0.2) is 47.1 Å². The van der Waals surface area contributed by atoms with E-state index in [1.807, 2.05) is 6.92 Å². The Balaban J connectivity index is 1.66. The van der Waals surface area contributed by atoms with E-state index in [-0.39, 0.29) is 11.7 Å². The van der Waals surface area contributed by atoms with E-state index in [0.717, 1.165) is 0 Å². The third-order valence-corrected chi connectivity index (χ3v) is 5.82. The van der Waals surface area contributed by atoms with E-state index in [9.17, 15) is 14.4 Å². The molecule has 1 amide bonds. The summed E-state index contributed by atoms with van der Waals surface area (Å²) in [5.74, 6) is 0.450. The maximum absolute atomic E-state index is 12.7. The number of amides is 1. The van der Waals surface area contributed by atoms with Crippen molar-refractivity contribution in [2.75, 3.05) is 12.4 Å². The third kappa shape index (κ3) is 4.64. The third-order valence-electron chi connectivity index (χ3n) is 4.53. The van der Waals surface area contributed by atoms with Crippen molar-refractivity contribution in [3.63, 3.8) is 0 Å². The minimum Gasteiger partial charge on any atom is -0.494 e. The van der Waals surface area contributed by atoms with Crippen LogP contribution in [0.2, 0.25) is 0 Å². The van der Waals surface area contributed by atoms with Gasteiger partial charge in [0.2, 0.25) is 11.7 Å². The van der Waals surface area contributed by atoms with Crippen molar-refractivity contribution < 1.29 is 28.3 Å². The summed E-state index contributed by atoms with van der Waals surface area (Å²) in [6.45, 7) is 5.34. The molecule has 1 fully saturated rings. The lowest BCUT2D eigenvalue weighted by Crippen LogP contribution is -2.44. The van der Waals surface area contributed by atoms with Crippen molar-refractivity contribution in [1.82, 2.24) is 4.90 Å². The fourth-order valence-corrected chi connectivity index (χ4v) is 4.56. The number of hydrogen-bond donors (Lipinski definition) is 0. The molecule has 0 radical (unpaired) electrons. The lowest BCUT2D eigenvalue weighted by Gasteiger charge is -2.26. The predicted molar refractivity (Wildman–Crippen MR) is 108 cm³/mol. The Labute approximate surface area is 173 Å². The lowest BCUT2D eigenvalue weighted by molar-refractivity contribution is -0.155. The Hall–Kier alpha value is -2.74. The number of carbonyl (C=O) groups excluding carboxylic acids is 3. The molecule has 1 aliphatic rings. The average Bonchev–Trinajstić information content (AvgIpc) is 3.37. The van der Waals surface area contributed by atoms with Crippen LogP contribution >= 0.6 is 11.8 Å². The van der Waals surface area contributed by atoms with Crippen LogP contribution in [-0.2, 0) is 14.3 Å². The van der Waals surface area contributed by atoms with Crippen molar-refractivity contribution >= 4 is 29.4 Å². The zero-order valence-electron chi connectivity index (χ0n) is 16.5. The molecule has 1 aromatic heterocycles. The molecule has 29 heavy (non-hydrogen) atoms. The first-order chi connectivity index (χ1) is 13.9. The van der Waals surface area contributed by atoms with Crippen molar-refractivity contribution in [2.45, 2.75) is 38.3 Å². The summed E-state index contributed by atoms with van der Waals surface area (Å²) in [6, 6.07) is 9.39. The summed E-state index contributed by atoms with van der Waals surface area (Å²) in [5.41, 5.74) is 0.423. The number of benzene rings is 1. The second kappa shape index (κ2) is 9.17. The van der Waals surface area contributed by atoms with Gasteiger partial charge in [0.15, 0.2) is 6.10 Å². The average molecular weight is 417 g/mol. The van der Waals surface area contributed by atoms with E-state index in [0.29, 0.717) is 29.4 Å². The van der Waals surface area contributed by atoms with E-state index >= 15 is 0 Å². The highest BCUT2D eigenvalue weighted by Crippen LogP contribution is 2.41. The van der Waals surface area contributed by atoms with Gasteiger partial charge in [-0.15, -0.1) is 11.8 Å². The Morgan fingerprint density at radius 1 is 1.24 bits per heavy atom. The summed E-state index contributed by atoms with van der Waals surface area (Å²) in [7, 11) is 0. The van der Waals surface area contributed by atoms with Gasteiger partial charge in [-0.3, -0.25) is 9.59 Å². The number of rotatable bonds is 7. The Bertz CT molecular complexity index is 864. The fourth-order valence-electron chi connectivity index (χ4n) is 3.15. The Morgan fingerprint density at radius 3 is 2.55 bits per heavy atom. The van der Waals surface area contributed by atoms with Gasteiger partial charge in [-0.05, 0) is 50.2 Å². The molecule has 3 rings (SSSR count). The predicted octanol–water partition coefficient (Wildman–Crippen LogP) is 3.46. The summed E-state index contributed by atoms with van der Waals surface area (Å²) >= 11 is 1.42. The molecule has 7 nitrogen and oxygen atoms in total. The summed E-state index contributed by atoms with van der Waals surface area (Å²) in [4.78, 5) is 39.0. The van der Waals surface area contributed by atoms with Crippen LogP contribution in [0.3, 0.4) is 0 Å². The molecule has 0 saturated carbocycles. The molecular formula is C21H23NO6S. The molecule has 0 aliphatic carbocycles. The van der Waals surface area contributed by atoms with E-state index < -0.39 is 23.5 Å². The Morgan fingerprint density at radius 2 is 1.97 bits per heavy atom. The summed E-state index contributed by atoms with van der Waals surface area (Å²) in [5, 5.41) is -0.392. The topological polar surface area (TPSA) is 86.1 Å². The van der Waals surface area contributed by atoms with E-state index in [1.165, 1.54) is 36.8 Å². The van der Waals surface area contributed by atoms with Crippen LogP contribution < -0.4 is 4.74 Å². The molecule has 1 aromatic carbocycles. The molecule has 0 N–H and O–H groups in total. The van der Waals surface area contributed by atoms with Gasteiger partial charge in [0, 0.05) is 18.2 Å². The van der Waals surface area contributed by atoms with Crippen LogP contribution in [0.4, 0.5) is 0 Å².